The van der Waals surface area contributed by atoms with Gasteiger partial charge in [-0.05, 0) is 42.8 Å². The van der Waals surface area contributed by atoms with Crippen LogP contribution in [0.1, 0.15) is 12.5 Å². The monoisotopic (exact) mass is 509 g/mol. The molecule has 9 heteroatoms. The normalized spacial score (nSPS) is 10.0. The molecule has 2 aromatic carbocycles. The van der Waals surface area contributed by atoms with E-state index in [1.807, 2.05) is 6.07 Å². The van der Waals surface area contributed by atoms with Gasteiger partial charge in [-0.15, -0.1) is 0 Å². The van der Waals surface area contributed by atoms with Gasteiger partial charge >= 0.3 is 17.6 Å². The number of methoxy groups -OCH3 is 1. The highest BCUT2D eigenvalue weighted by Gasteiger charge is 2.36. The molecule has 0 aliphatic rings. The van der Waals surface area contributed by atoms with E-state index >= 15 is 0 Å². The average molecular weight is 511 g/mol. The van der Waals surface area contributed by atoms with Gasteiger partial charge in [0.25, 0.3) is 0 Å². The summed E-state index contributed by atoms with van der Waals surface area (Å²) in [5.41, 5.74) is 9.81. The lowest BCUT2D eigenvalue weighted by molar-refractivity contribution is -0.141. The Kier molecular flexibility index (Phi) is 7.92. The molecule has 0 aromatic heterocycles. The topological polar surface area (TPSA) is 92.2 Å². The molecule has 2 rings (SSSR count). The Morgan fingerprint density at radius 3 is 2.21 bits per heavy atom. The predicted octanol–water partition coefficient (Wildman–Crippen LogP) is 3.99. The molecule has 0 N–H and O–H groups in total. The van der Waals surface area contributed by atoms with E-state index in [2.05, 4.69) is 36.6 Å². The van der Waals surface area contributed by atoms with Crippen LogP contribution >= 0.6 is 31.9 Å². The van der Waals surface area contributed by atoms with E-state index in [9.17, 15) is 15.1 Å². The molecule has 2 aromatic rings. The molecule has 0 radical (unpaired) electrons. The van der Waals surface area contributed by atoms with Gasteiger partial charge in [0.1, 0.15) is 5.75 Å². The molecular weight excluding hydrogens is 494 g/mol. The fourth-order valence-corrected chi connectivity index (χ4v) is 3.66. The van der Waals surface area contributed by atoms with Crippen LogP contribution in [0.5, 0.6) is 5.75 Å². The molecule has 0 saturated carbocycles. The van der Waals surface area contributed by atoms with Gasteiger partial charge in [0.05, 0.1) is 20.3 Å². The van der Waals surface area contributed by atoms with Crippen LogP contribution in [-0.4, -0.2) is 36.1 Å². The number of amides is 1. The summed E-state index contributed by atoms with van der Waals surface area (Å²) >= 11 is 6.77. The SMILES string of the molecule is CCOC(=O)C(=[N+]=[N-])C(=O)N(Cc1ccc(OC)cc1)c1cc(Br)cc(Br)c1. The number of hydrogen-bond acceptors (Lipinski definition) is 4. The standard InChI is InChI=1S/C19H17Br2N3O4/c1-3-28-19(26)17(23-22)18(25)24(15-9-13(20)8-14(21)10-15)11-12-4-6-16(27-2)7-5-12/h4-10H,3,11H2,1-2H3. The summed E-state index contributed by atoms with van der Waals surface area (Å²) < 4.78 is 11.4. The summed E-state index contributed by atoms with van der Waals surface area (Å²) in [6.07, 6.45) is 0. The van der Waals surface area contributed by atoms with Crippen LogP contribution in [0, 0.1) is 0 Å². The molecule has 0 heterocycles. The predicted molar refractivity (Wildman–Crippen MR) is 111 cm³/mol. The molecule has 0 spiro atoms. The van der Waals surface area contributed by atoms with Crippen molar-refractivity contribution in [2.75, 3.05) is 18.6 Å². The quantitative estimate of drug-likeness (QED) is 0.185. The van der Waals surface area contributed by atoms with E-state index in [1.165, 1.54) is 4.90 Å². The first-order chi connectivity index (χ1) is 13.4. The molecule has 0 fully saturated rings. The van der Waals surface area contributed by atoms with Crippen molar-refractivity contribution < 1.29 is 23.9 Å². The fraction of sp³-hybridized carbons (Fsp3) is 0.211. The van der Waals surface area contributed by atoms with Gasteiger partial charge in [0.2, 0.25) is 0 Å². The molecule has 0 atom stereocenters. The number of ether oxygens (including phenoxy) is 2. The van der Waals surface area contributed by atoms with E-state index in [0.717, 1.165) is 14.5 Å². The maximum Gasteiger partial charge on any atom is 0.463 e. The van der Waals surface area contributed by atoms with Crippen LogP contribution in [0.2, 0.25) is 0 Å². The summed E-state index contributed by atoms with van der Waals surface area (Å²) in [7, 11) is 1.56. The third kappa shape index (κ3) is 5.51. The summed E-state index contributed by atoms with van der Waals surface area (Å²) in [5, 5.41) is 0. The molecule has 0 saturated heterocycles. The first-order valence-electron chi connectivity index (χ1n) is 8.19. The molecule has 7 nitrogen and oxygen atoms in total. The second-order valence-electron chi connectivity index (χ2n) is 5.54. The Hall–Kier alpha value is -2.48. The smallest absolute Gasteiger partial charge is 0.463 e. The number of benzene rings is 2. The molecule has 0 unspecified atom stereocenters. The summed E-state index contributed by atoms with van der Waals surface area (Å²) in [5.74, 6) is -1.11. The van der Waals surface area contributed by atoms with Crippen molar-refractivity contribution in [3.05, 3.63) is 62.5 Å². The van der Waals surface area contributed by atoms with Crippen molar-refractivity contribution >= 4 is 55.1 Å². The third-order valence-electron chi connectivity index (χ3n) is 3.68. The van der Waals surface area contributed by atoms with Crippen LogP contribution in [0.25, 0.3) is 5.53 Å². The molecule has 0 aliphatic carbocycles. The molecule has 1 amide bonds. The number of carbonyl (C=O) groups excluding carboxylic acids is 2. The van der Waals surface area contributed by atoms with Crippen LogP contribution in [-0.2, 0) is 20.9 Å². The van der Waals surface area contributed by atoms with Crippen LogP contribution in [0.3, 0.4) is 0 Å². The highest BCUT2D eigenvalue weighted by molar-refractivity contribution is 9.11. The Morgan fingerprint density at radius 2 is 1.71 bits per heavy atom. The minimum Gasteiger partial charge on any atom is -0.497 e. The number of carbonyl (C=O) groups is 2. The second kappa shape index (κ2) is 10.2. The van der Waals surface area contributed by atoms with E-state index < -0.39 is 17.6 Å². The molecule has 146 valence electrons. The van der Waals surface area contributed by atoms with E-state index in [1.54, 1.807) is 50.4 Å². The van der Waals surface area contributed by atoms with Gasteiger partial charge in [0.15, 0.2) is 0 Å². The minimum absolute atomic E-state index is 0.0477. The average Bonchev–Trinajstić information content (AvgIpc) is 2.66. The highest BCUT2D eigenvalue weighted by atomic mass is 79.9. The van der Waals surface area contributed by atoms with Crippen LogP contribution in [0.4, 0.5) is 5.69 Å². The number of esters is 1. The Bertz CT molecular complexity index is 905. The van der Waals surface area contributed by atoms with Gasteiger partial charge in [-0.1, -0.05) is 44.0 Å². The largest absolute Gasteiger partial charge is 0.497 e. The Balaban J connectivity index is 2.46. The van der Waals surface area contributed by atoms with Crippen molar-refractivity contribution in [2.45, 2.75) is 13.5 Å². The summed E-state index contributed by atoms with van der Waals surface area (Å²) in [6.45, 7) is 1.77. The number of anilines is 1. The molecular formula is C19H17Br2N3O4. The zero-order valence-corrected chi connectivity index (χ0v) is 18.4. The number of rotatable bonds is 7. The minimum atomic E-state index is -0.996. The van der Waals surface area contributed by atoms with Crippen molar-refractivity contribution in [3.63, 3.8) is 0 Å². The van der Waals surface area contributed by atoms with Crippen molar-refractivity contribution in [1.82, 2.24) is 0 Å². The fourth-order valence-electron chi connectivity index (χ4n) is 2.39. The van der Waals surface area contributed by atoms with Crippen molar-refractivity contribution in [3.8, 4) is 5.75 Å². The van der Waals surface area contributed by atoms with Crippen molar-refractivity contribution in [1.29, 1.82) is 0 Å². The molecule has 0 aliphatic heterocycles. The summed E-state index contributed by atoms with van der Waals surface area (Å²) in [4.78, 5) is 29.2. The second-order valence-corrected chi connectivity index (χ2v) is 7.37. The Labute approximate surface area is 179 Å². The molecule has 28 heavy (non-hydrogen) atoms. The van der Waals surface area contributed by atoms with Gasteiger partial charge in [0, 0.05) is 14.6 Å². The van der Waals surface area contributed by atoms with E-state index in [0.29, 0.717) is 11.4 Å². The summed E-state index contributed by atoms with van der Waals surface area (Å²) in [6, 6.07) is 12.4. The van der Waals surface area contributed by atoms with Gasteiger partial charge in [-0.3, -0.25) is 9.69 Å². The number of hydrogen-bond donors (Lipinski definition) is 0. The maximum absolute atomic E-state index is 13.0. The van der Waals surface area contributed by atoms with E-state index in [-0.39, 0.29) is 13.2 Å². The van der Waals surface area contributed by atoms with Crippen LogP contribution < -0.4 is 9.64 Å². The number of halogens is 2. The zero-order chi connectivity index (χ0) is 20.7. The number of nitrogens with zero attached hydrogens (tertiary/aromatic N) is 3. The van der Waals surface area contributed by atoms with E-state index in [4.69, 9.17) is 9.47 Å². The lowest BCUT2D eigenvalue weighted by Crippen LogP contribution is -2.41. The van der Waals surface area contributed by atoms with Gasteiger partial charge < -0.3 is 15.0 Å². The maximum atomic E-state index is 13.0. The Morgan fingerprint density at radius 1 is 1.11 bits per heavy atom. The van der Waals surface area contributed by atoms with Gasteiger partial charge in [-0.2, -0.15) is 4.79 Å². The first kappa shape index (κ1) is 21.8. The zero-order valence-electron chi connectivity index (χ0n) is 15.2. The first-order valence-corrected chi connectivity index (χ1v) is 9.78. The lowest BCUT2D eigenvalue weighted by Gasteiger charge is -2.21. The lowest BCUT2D eigenvalue weighted by atomic mass is 10.1. The third-order valence-corrected chi connectivity index (χ3v) is 4.59. The highest BCUT2D eigenvalue weighted by Crippen LogP contribution is 2.28. The van der Waals surface area contributed by atoms with Crippen molar-refractivity contribution in [2.24, 2.45) is 0 Å². The van der Waals surface area contributed by atoms with Crippen LogP contribution in [0.15, 0.2) is 51.4 Å². The molecule has 0 bridgehead atoms. The van der Waals surface area contributed by atoms with Gasteiger partial charge in [-0.25, -0.2) is 4.79 Å².